The molecule has 2 heterocycles. The van der Waals surface area contributed by atoms with Crippen LogP contribution in [0.5, 0.6) is 0 Å². The van der Waals surface area contributed by atoms with E-state index in [1.54, 1.807) is 0 Å². The van der Waals surface area contributed by atoms with Gasteiger partial charge < -0.3 is 9.47 Å². The number of aromatic nitrogens is 3. The maximum absolute atomic E-state index is 4.47. The maximum atomic E-state index is 4.47. The lowest BCUT2D eigenvalue weighted by atomic mass is 9.97. The monoisotopic (exact) mass is 334 g/mol. The third-order valence-electron chi connectivity index (χ3n) is 5.72. The van der Waals surface area contributed by atoms with Gasteiger partial charge in [0.1, 0.15) is 12.2 Å². The normalized spacial score (nSPS) is 27.4. The van der Waals surface area contributed by atoms with Gasteiger partial charge in [-0.05, 0) is 45.1 Å². The third-order valence-corrected chi connectivity index (χ3v) is 7.09. The van der Waals surface area contributed by atoms with E-state index in [0.717, 1.165) is 5.25 Å². The van der Waals surface area contributed by atoms with Crippen LogP contribution in [0.2, 0.25) is 0 Å². The van der Waals surface area contributed by atoms with Gasteiger partial charge >= 0.3 is 0 Å². The highest BCUT2D eigenvalue weighted by Crippen LogP contribution is 2.38. The molecule has 128 valence electrons. The fraction of sp³-hybridized carbons (Fsp3) is 0.889. The Bertz CT molecular complexity index is 493. The summed E-state index contributed by atoms with van der Waals surface area (Å²) in [4.78, 5) is 2.68. The van der Waals surface area contributed by atoms with Gasteiger partial charge in [0, 0.05) is 36.1 Å². The van der Waals surface area contributed by atoms with Crippen LogP contribution in [0.1, 0.15) is 75.6 Å². The van der Waals surface area contributed by atoms with Gasteiger partial charge in [-0.25, -0.2) is 0 Å². The minimum absolute atomic E-state index is 0.603. The van der Waals surface area contributed by atoms with Crippen molar-refractivity contribution in [3.63, 3.8) is 0 Å². The number of hydrogen-bond donors (Lipinski definition) is 0. The van der Waals surface area contributed by atoms with E-state index in [4.69, 9.17) is 0 Å². The van der Waals surface area contributed by atoms with Crippen LogP contribution in [0.15, 0.2) is 6.33 Å². The molecule has 1 atom stereocenters. The predicted octanol–water partition coefficient (Wildman–Crippen LogP) is 3.86. The minimum Gasteiger partial charge on any atom is -0.314 e. The summed E-state index contributed by atoms with van der Waals surface area (Å²) < 4.78 is 2.37. The summed E-state index contributed by atoms with van der Waals surface area (Å²) in [6.45, 7) is 3.73. The topological polar surface area (TPSA) is 34.0 Å². The number of piperidine rings is 1. The lowest BCUT2D eigenvalue weighted by molar-refractivity contribution is 0.213. The van der Waals surface area contributed by atoms with Gasteiger partial charge in [0.25, 0.3) is 0 Å². The van der Waals surface area contributed by atoms with E-state index in [-0.39, 0.29) is 0 Å². The van der Waals surface area contributed by atoms with Crippen molar-refractivity contribution in [2.75, 3.05) is 25.4 Å². The van der Waals surface area contributed by atoms with Crippen molar-refractivity contribution in [3.8, 4) is 0 Å². The van der Waals surface area contributed by atoms with E-state index in [0.29, 0.717) is 12.0 Å². The Hall–Kier alpha value is -0.550. The first-order valence-corrected chi connectivity index (χ1v) is 10.7. The van der Waals surface area contributed by atoms with Crippen molar-refractivity contribution < 1.29 is 0 Å². The van der Waals surface area contributed by atoms with E-state index < -0.39 is 0 Å². The molecule has 1 aromatic heterocycles. The van der Waals surface area contributed by atoms with Crippen LogP contribution in [0.25, 0.3) is 0 Å². The molecule has 2 aliphatic carbocycles. The second kappa shape index (κ2) is 7.56. The van der Waals surface area contributed by atoms with E-state index in [1.165, 1.54) is 89.0 Å². The Balaban J connectivity index is 1.26. The molecule has 1 aromatic rings. The largest absolute Gasteiger partial charge is 0.314 e. The Morgan fingerprint density at radius 3 is 2.74 bits per heavy atom. The first-order chi connectivity index (χ1) is 11.4. The number of thioether (sulfide) groups is 1. The van der Waals surface area contributed by atoms with Gasteiger partial charge in [-0.2, -0.15) is 11.8 Å². The molecule has 5 heteroatoms. The van der Waals surface area contributed by atoms with Gasteiger partial charge in [-0.15, -0.1) is 10.2 Å². The molecule has 0 spiro atoms. The quantitative estimate of drug-likeness (QED) is 0.791. The van der Waals surface area contributed by atoms with Gasteiger partial charge in [0.05, 0.1) is 0 Å². The summed E-state index contributed by atoms with van der Waals surface area (Å²) in [5.74, 6) is 3.18. The van der Waals surface area contributed by atoms with E-state index in [2.05, 4.69) is 31.4 Å². The molecule has 4 rings (SSSR count). The molecule has 1 saturated heterocycles. The van der Waals surface area contributed by atoms with Gasteiger partial charge in [-0.1, -0.05) is 19.3 Å². The SMILES string of the molecule is c1nnc([C@H]2CCCN(CCSC3CCCCC3)C2)n1C1CC1. The molecular formula is C18H30N4S. The Morgan fingerprint density at radius 2 is 1.91 bits per heavy atom. The Labute approximate surface area is 144 Å². The molecular weight excluding hydrogens is 304 g/mol. The Kier molecular flexibility index (Phi) is 5.24. The van der Waals surface area contributed by atoms with Crippen molar-refractivity contribution in [1.82, 2.24) is 19.7 Å². The summed E-state index contributed by atoms with van der Waals surface area (Å²) in [5.41, 5.74) is 0. The first kappa shape index (κ1) is 15.9. The molecule has 0 bridgehead atoms. The zero-order valence-electron chi connectivity index (χ0n) is 14.2. The van der Waals surface area contributed by atoms with Crippen LogP contribution in [-0.2, 0) is 0 Å². The third kappa shape index (κ3) is 4.11. The molecule has 2 saturated carbocycles. The molecule has 0 unspecified atom stereocenters. The summed E-state index contributed by atoms with van der Waals surface area (Å²) in [6, 6.07) is 0.706. The van der Waals surface area contributed by atoms with Crippen LogP contribution in [-0.4, -0.2) is 50.3 Å². The molecule has 1 aliphatic heterocycles. The predicted molar refractivity (Wildman–Crippen MR) is 96.0 cm³/mol. The van der Waals surface area contributed by atoms with Gasteiger partial charge in [0.15, 0.2) is 0 Å². The molecule has 0 amide bonds. The highest BCUT2D eigenvalue weighted by Gasteiger charge is 2.31. The maximum Gasteiger partial charge on any atom is 0.137 e. The van der Waals surface area contributed by atoms with Crippen LogP contribution in [0.4, 0.5) is 0 Å². The fourth-order valence-electron chi connectivity index (χ4n) is 4.23. The molecule has 23 heavy (non-hydrogen) atoms. The zero-order valence-corrected chi connectivity index (χ0v) is 15.0. The summed E-state index contributed by atoms with van der Waals surface area (Å²) in [7, 11) is 0. The fourth-order valence-corrected chi connectivity index (χ4v) is 5.59. The molecule has 0 radical (unpaired) electrons. The van der Waals surface area contributed by atoms with Gasteiger partial charge in [0.2, 0.25) is 0 Å². The average Bonchev–Trinajstić information content (AvgIpc) is 3.33. The molecule has 3 fully saturated rings. The molecule has 3 aliphatic rings. The van der Waals surface area contributed by atoms with Crippen molar-refractivity contribution in [2.24, 2.45) is 0 Å². The first-order valence-electron chi connectivity index (χ1n) is 9.63. The smallest absolute Gasteiger partial charge is 0.137 e. The van der Waals surface area contributed by atoms with Crippen LogP contribution in [0, 0.1) is 0 Å². The summed E-state index contributed by atoms with van der Waals surface area (Å²) in [6.07, 6.45) is 14.5. The molecule has 4 nitrogen and oxygen atoms in total. The van der Waals surface area contributed by atoms with Crippen molar-refractivity contribution >= 4 is 11.8 Å². The number of nitrogens with zero attached hydrogens (tertiary/aromatic N) is 4. The summed E-state index contributed by atoms with van der Waals surface area (Å²) in [5, 5.41) is 9.61. The highest BCUT2D eigenvalue weighted by molar-refractivity contribution is 7.99. The Morgan fingerprint density at radius 1 is 1.04 bits per heavy atom. The van der Waals surface area contributed by atoms with Crippen molar-refractivity contribution in [1.29, 1.82) is 0 Å². The van der Waals surface area contributed by atoms with Crippen LogP contribution >= 0.6 is 11.8 Å². The van der Waals surface area contributed by atoms with Crippen molar-refractivity contribution in [2.45, 2.75) is 75.0 Å². The second-order valence-electron chi connectivity index (χ2n) is 7.60. The minimum atomic E-state index is 0.603. The lowest BCUT2D eigenvalue weighted by Crippen LogP contribution is -2.37. The van der Waals surface area contributed by atoms with E-state index in [1.807, 2.05) is 6.33 Å². The average molecular weight is 335 g/mol. The van der Waals surface area contributed by atoms with Gasteiger partial charge in [-0.3, -0.25) is 0 Å². The number of rotatable bonds is 6. The van der Waals surface area contributed by atoms with E-state index >= 15 is 0 Å². The molecule has 0 N–H and O–H groups in total. The molecule has 0 aromatic carbocycles. The lowest BCUT2D eigenvalue weighted by Gasteiger charge is -2.32. The highest BCUT2D eigenvalue weighted by atomic mass is 32.2. The van der Waals surface area contributed by atoms with Crippen molar-refractivity contribution in [3.05, 3.63) is 12.2 Å². The zero-order chi connectivity index (χ0) is 15.5. The summed E-state index contributed by atoms with van der Waals surface area (Å²) >= 11 is 2.23. The van der Waals surface area contributed by atoms with E-state index in [9.17, 15) is 0 Å². The standard InChI is InChI=1S/C18H30N4S/c1-2-6-17(7-3-1)23-12-11-21-10-4-5-15(13-21)18-20-19-14-22(18)16-8-9-16/h14-17H,1-13H2/t15-/m0/s1. The number of likely N-dealkylation sites (tertiary alicyclic amines) is 1. The van der Waals surface area contributed by atoms with Crippen LogP contribution < -0.4 is 0 Å². The number of hydrogen-bond acceptors (Lipinski definition) is 4. The second-order valence-corrected chi connectivity index (χ2v) is 9.01. The van der Waals surface area contributed by atoms with Crippen LogP contribution in [0.3, 0.4) is 0 Å².